The number of carbonyl (C=O) groups is 1. The fraction of sp³-hybridized carbons (Fsp3) is 0.632. The van der Waals surface area contributed by atoms with Gasteiger partial charge in [-0.05, 0) is 56.1 Å². The SMILES string of the molecule is O=C(c1ccc(OC(F)F)cc1)N1C[C@@H](CN2CCCCC2)[C@@H](CO)C1. The molecule has 7 heteroatoms. The van der Waals surface area contributed by atoms with Crippen molar-refractivity contribution in [2.45, 2.75) is 25.9 Å². The van der Waals surface area contributed by atoms with Crippen molar-refractivity contribution in [1.29, 1.82) is 0 Å². The Morgan fingerprint density at radius 3 is 2.38 bits per heavy atom. The molecule has 5 nitrogen and oxygen atoms in total. The number of piperidine rings is 1. The van der Waals surface area contributed by atoms with E-state index in [9.17, 15) is 18.7 Å². The Labute approximate surface area is 152 Å². The minimum Gasteiger partial charge on any atom is -0.435 e. The Hall–Kier alpha value is -1.73. The van der Waals surface area contributed by atoms with E-state index in [0.717, 1.165) is 19.6 Å². The average molecular weight is 368 g/mol. The Kier molecular flexibility index (Phi) is 6.43. The van der Waals surface area contributed by atoms with Crippen molar-refractivity contribution >= 4 is 5.91 Å². The summed E-state index contributed by atoms with van der Waals surface area (Å²) in [6.07, 6.45) is 3.71. The number of benzene rings is 1. The first-order chi connectivity index (χ1) is 12.6. The average Bonchev–Trinajstić information content (AvgIpc) is 3.05. The highest BCUT2D eigenvalue weighted by molar-refractivity contribution is 5.94. The van der Waals surface area contributed by atoms with Crippen LogP contribution in [0.25, 0.3) is 0 Å². The molecule has 1 aromatic carbocycles. The zero-order valence-corrected chi connectivity index (χ0v) is 14.8. The predicted octanol–water partition coefficient (Wildman–Crippen LogP) is 2.45. The summed E-state index contributed by atoms with van der Waals surface area (Å²) in [6, 6.07) is 5.77. The number of amides is 1. The van der Waals surface area contributed by atoms with Crippen LogP contribution in [0.2, 0.25) is 0 Å². The number of rotatable bonds is 6. The van der Waals surface area contributed by atoms with Gasteiger partial charge >= 0.3 is 6.61 Å². The van der Waals surface area contributed by atoms with E-state index in [1.54, 1.807) is 4.90 Å². The van der Waals surface area contributed by atoms with Crippen LogP contribution in [-0.4, -0.2) is 66.8 Å². The van der Waals surface area contributed by atoms with Gasteiger partial charge in [0.05, 0.1) is 0 Å². The van der Waals surface area contributed by atoms with Gasteiger partial charge in [0.15, 0.2) is 0 Å². The second-order valence-electron chi connectivity index (χ2n) is 7.18. The third kappa shape index (κ3) is 4.71. The number of hydrogen-bond donors (Lipinski definition) is 1. The van der Waals surface area contributed by atoms with Crippen LogP contribution in [0.4, 0.5) is 8.78 Å². The van der Waals surface area contributed by atoms with Crippen LogP contribution >= 0.6 is 0 Å². The summed E-state index contributed by atoms with van der Waals surface area (Å²) in [7, 11) is 0. The summed E-state index contributed by atoms with van der Waals surface area (Å²) in [5.74, 6) is 0.258. The van der Waals surface area contributed by atoms with Gasteiger partial charge in [-0.15, -0.1) is 0 Å². The van der Waals surface area contributed by atoms with Crippen LogP contribution in [-0.2, 0) is 0 Å². The number of alkyl halides is 2. The molecule has 26 heavy (non-hydrogen) atoms. The summed E-state index contributed by atoms with van der Waals surface area (Å²) in [4.78, 5) is 16.9. The smallest absolute Gasteiger partial charge is 0.387 e. The molecule has 2 saturated heterocycles. The molecule has 1 N–H and O–H groups in total. The normalized spacial score (nSPS) is 24.2. The molecule has 0 saturated carbocycles. The number of carbonyl (C=O) groups excluding carboxylic acids is 1. The van der Waals surface area contributed by atoms with Gasteiger partial charge in [0.2, 0.25) is 0 Å². The monoisotopic (exact) mass is 368 g/mol. The highest BCUT2D eigenvalue weighted by atomic mass is 19.3. The molecule has 2 atom stereocenters. The largest absolute Gasteiger partial charge is 0.435 e. The topological polar surface area (TPSA) is 53.0 Å². The first kappa shape index (κ1) is 19.0. The van der Waals surface area contributed by atoms with Crippen molar-refractivity contribution in [2.24, 2.45) is 11.8 Å². The standard InChI is InChI=1S/C19H26F2N2O3/c20-19(21)26-17-6-4-14(5-7-17)18(25)23-11-15(16(12-23)13-24)10-22-8-2-1-3-9-22/h4-7,15-16,19,24H,1-3,8-13H2/t15-,16-/m1/s1. The van der Waals surface area contributed by atoms with Crippen LogP contribution < -0.4 is 4.74 Å². The van der Waals surface area contributed by atoms with Gasteiger partial charge in [-0.3, -0.25) is 4.79 Å². The Morgan fingerprint density at radius 2 is 1.77 bits per heavy atom. The van der Waals surface area contributed by atoms with Crippen LogP contribution in [0, 0.1) is 11.8 Å². The summed E-state index contributed by atoms with van der Waals surface area (Å²) < 4.78 is 28.7. The van der Waals surface area contributed by atoms with Gasteiger partial charge in [-0.2, -0.15) is 8.78 Å². The summed E-state index contributed by atoms with van der Waals surface area (Å²) >= 11 is 0. The molecule has 0 bridgehead atoms. The van der Waals surface area contributed by atoms with E-state index in [0.29, 0.717) is 18.7 Å². The summed E-state index contributed by atoms with van der Waals surface area (Å²) in [5, 5.41) is 9.71. The van der Waals surface area contributed by atoms with E-state index in [-0.39, 0.29) is 30.1 Å². The van der Waals surface area contributed by atoms with Gasteiger partial charge in [0, 0.05) is 37.7 Å². The lowest BCUT2D eigenvalue weighted by atomic mass is 9.95. The van der Waals surface area contributed by atoms with Crippen LogP contribution in [0.1, 0.15) is 29.6 Å². The maximum atomic E-state index is 12.7. The summed E-state index contributed by atoms with van der Waals surface area (Å²) in [6.45, 7) is 1.44. The minimum atomic E-state index is -2.88. The van der Waals surface area contributed by atoms with Crippen LogP contribution in [0.15, 0.2) is 24.3 Å². The summed E-state index contributed by atoms with van der Waals surface area (Å²) in [5.41, 5.74) is 0.446. The molecular weight excluding hydrogens is 342 g/mol. The third-order valence-corrected chi connectivity index (χ3v) is 5.37. The van der Waals surface area contributed by atoms with E-state index in [1.165, 1.54) is 43.5 Å². The maximum Gasteiger partial charge on any atom is 0.387 e. The number of aliphatic hydroxyl groups is 1. The molecule has 3 rings (SSSR count). The molecule has 0 spiro atoms. The van der Waals surface area contributed by atoms with Gasteiger partial charge < -0.3 is 19.6 Å². The van der Waals surface area contributed by atoms with Crippen molar-refractivity contribution in [3.8, 4) is 5.75 Å². The highest BCUT2D eigenvalue weighted by Gasteiger charge is 2.36. The lowest BCUT2D eigenvalue weighted by molar-refractivity contribution is -0.0498. The lowest BCUT2D eigenvalue weighted by Crippen LogP contribution is -2.37. The van der Waals surface area contributed by atoms with E-state index < -0.39 is 6.61 Å². The van der Waals surface area contributed by atoms with E-state index in [4.69, 9.17) is 0 Å². The van der Waals surface area contributed by atoms with E-state index in [1.807, 2.05) is 0 Å². The third-order valence-electron chi connectivity index (χ3n) is 5.37. The molecule has 0 radical (unpaired) electrons. The lowest BCUT2D eigenvalue weighted by Gasteiger charge is -2.30. The van der Waals surface area contributed by atoms with Crippen molar-refractivity contribution in [3.63, 3.8) is 0 Å². The fourth-order valence-electron chi connectivity index (χ4n) is 3.95. The zero-order chi connectivity index (χ0) is 18.5. The number of ether oxygens (including phenoxy) is 1. The first-order valence-electron chi connectivity index (χ1n) is 9.24. The molecule has 144 valence electrons. The van der Waals surface area contributed by atoms with Crippen LogP contribution in [0.5, 0.6) is 5.75 Å². The van der Waals surface area contributed by atoms with Gasteiger partial charge in [0.1, 0.15) is 5.75 Å². The molecule has 0 aliphatic carbocycles. The molecule has 1 amide bonds. The Balaban J connectivity index is 1.60. The number of likely N-dealkylation sites (tertiary alicyclic amines) is 2. The molecule has 2 aliphatic heterocycles. The highest BCUT2D eigenvalue weighted by Crippen LogP contribution is 2.27. The van der Waals surface area contributed by atoms with E-state index in [2.05, 4.69) is 9.64 Å². The molecular formula is C19H26F2N2O3. The molecule has 2 aliphatic rings. The second-order valence-corrected chi connectivity index (χ2v) is 7.18. The van der Waals surface area contributed by atoms with Crippen molar-refractivity contribution in [3.05, 3.63) is 29.8 Å². The Bertz CT molecular complexity index is 591. The number of halogens is 2. The Morgan fingerprint density at radius 1 is 1.12 bits per heavy atom. The molecule has 2 heterocycles. The molecule has 0 unspecified atom stereocenters. The molecule has 1 aromatic rings. The molecule has 0 aromatic heterocycles. The van der Waals surface area contributed by atoms with Crippen molar-refractivity contribution < 1.29 is 23.4 Å². The van der Waals surface area contributed by atoms with Gasteiger partial charge in [-0.1, -0.05) is 6.42 Å². The van der Waals surface area contributed by atoms with Gasteiger partial charge in [-0.25, -0.2) is 0 Å². The zero-order valence-electron chi connectivity index (χ0n) is 14.8. The predicted molar refractivity (Wildman–Crippen MR) is 93.3 cm³/mol. The minimum absolute atomic E-state index is 0.0363. The van der Waals surface area contributed by atoms with Crippen molar-refractivity contribution in [2.75, 3.05) is 39.3 Å². The van der Waals surface area contributed by atoms with Crippen LogP contribution in [0.3, 0.4) is 0 Å². The first-order valence-corrected chi connectivity index (χ1v) is 9.24. The second kappa shape index (κ2) is 8.77. The maximum absolute atomic E-state index is 12.7. The fourth-order valence-corrected chi connectivity index (χ4v) is 3.95. The van der Waals surface area contributed by atoms with Crippen molar-refractivity contribution in [1.82, 2.24) is 9.80 Å². The number of aliphatic hydroxyl groups excluding tert-OH is 1. The molecule has 2 fully saturated rings. The van der Waals surface area contributed by atoms with Gasteiger partial charge in [0.25, 0.3) is 5.91 Å². The number of hydrogen-bond acceptors (Lipinski definition) is 4. The quantitative estimate of drug-likeness (QED) is 0.838. The number of nitrogens with zero attached hydrogens (tertiary/aromatic N) is 2. The van der Waals surface area contributed by atoms with E-state index >= 15 is 0 Å².